The molecule has 2 heteroatoms. The monoisotopic (exact) mass is 174 g/mol. The molecular weight excluding hydrogens is 164 g/mol. The molecule has 0 aliphatic heterocycles. The Balaban J connectivity index is 2.83. The summed E-state index contributed by atoms with van der Waals surface area (Å²) in [5.41, 5.74) is 0. The molecule has 0 aromatic heterocycles. The average molecular weight is 175 g/mol. The van der Waals surface area contributed by atoms with Crippen molar-refractivity contribution in [3.8, 4) is 0 Å². The van der Waals surface area contributed by atoms with Crippen LogP contribution in [0.1, 0.15) is 20.3 Å². The molecule has 0 N–H and O–H groups in total. The number of hydrogen-bond acceptors (Lipinski definition) is 0. The van der Waals surface area contributed by atoms with Crippen LogP contribution in [0.25, 0.3) is 0 Å². The fourth-order valence-electron chi connectivity index (χ4n) is 0.390. The molecule has 0 amide bonds. The number of rotatable bonds is 3. The van der Waals surface area contributed by atoms with E-state index in [-0.39, 0.29) is 18.2 Å². The van der Waals surface area contributed by atoms with E-state index in [2.05, 4.69) is 26.7 Å². The van der Waals surface area contributed by atoms with Gasteiger partial charge < -0.3 is 12.9 Å². The highest BCUT2D eigenvalue weighted by atomic mass is 79.9. The summed E-state index contributed by atoms with van der Waals surface area (Å²) in [7, 11) is 0. The first-order valence-corrected chi connectivity index (χ1v) is 7.77. The SMILES string of the molecule is CC[C@H](C)[CH2][Mg][Br]. The topological polar surface area (TPSA) is 0 Å². The second-order valence-corrected chi connectivity index (χ2v) is 5.33. The van der Waals surface area contributed by atoms with Gasteiger partial charge in [0, 0.05) is 0 Å². The largest absolute Gasteiger partial charge is 0.468 e. The third-order valence-electron chi connectivity index (χ3n) is 1.30. The van der Waals surface area contributed by atoms with Crippen LogP contribution in [0.3, 0.4) is 0 Å². The number of hydrogen-bond donors (Lipinski definition) is 0. The van der Waals surface area contributed by atoms with E-state index in [0.29, 0.717) is 0 Å². The Hall–Kier alpha value is 1.25. The van der Waals surface area contributed by atoms with Gasteiger partial charge in [-0.1, -0.05) is 26.2 Å². The molecule has 0 radical (unpaired) electrons. The summed E-state index contributed by atoms with van der Waals surface area (Å²) in [6.07, 6.45) is 1.35. The Morgan fingerprint density at radius 1 is 1.71 bits per heavy atom. The summed E-state index contributed by atoms with van der Waals surface area (Å²) in [4.78, 5) is 0. The molecule has 0 heterocycles. The number of halogens is 1. The molecule has 40 valence electrons. The zero-order valence-corrected chi connectivity index (χ0v) is 8.08. The second kappa shape index (κ2) is 5.38. The molecule has 1 atom stereocenters. The van der Waals surface area contributed by atoms with E-state index in [4.69, 9.17) is 0 Å². The molecule has 0 unspecified atom stereocenters. The first kappa shape index (κ1) is 8.25. The Labute approximate surface area is 61.7 Å². The van der Waals surface area contributed by atoms with Crippen molar-refractivity contribution in [2.75, 3.05) is 0 Å². The van der Waals surface area contributed by atoms with E-state index in [1.807, 2.05) is 0 Å². The van der Waals surface area contributed by atoms with Crippen LogP contribution < -0.4 is 0 Å². The van der Waals surface area contributed by atoms with Gasteiger partial charge in [-0.15, -0.1) is 4.55 Å². The van der Waals surface area contributed by atoms with Crippen LogP contribution in [0.15, 0.2) is 0 Å². The van der Waals surface area contributed by atoms with Crippen LogP contribution in [0.2, 0.25) is 4.55 Å². The summed E-state index contributed by atoms with van der Waals surface area (Å²) >= 11 is 3.70. The van der Waals surface area contributed by atoms with E-state index in [9.17, 15) is 0 Å². The maximum atomic E-state index is 3.53. The van der Waals surface area contributed by atoms with Crippen molar-refractivity contribution in [2.45, 2.75) is 24.8 Å². The smallest absolute Gasteiger partial charge is 0.307 e. The molecule has 0 aromatic rings. The zero-order valence-electron chi connectivity index (χ0n) is 5.08. The average Bonchev–Trinajstić information content (AvgIpc) is 1.68. The van der Waals surface area contributed by atoms with Crippen LogP contribution in [0.4, 0.5) is 0 Å². The van der Waals surface area contributed by atoms with Gasteiger partial charge in [0.2, 0.25) is 0 Å². The van der Waals surface area contributed by atoms with E-state index in [1.165, 1.54) is 11.0 Å². The van der Waals surface area contributed by atoms with Crippen molar-refractivity contribution < 1.29 is 0 Å². The first-order chi connectivity index (χ1) is 3.31. The highest BCUT2D eigenvalue weighted by molar-refractivity contribution is 9.23. The van der Waals surface area contributed by atoms with Gasteiger partial charge in [-0.2, -0.15) is 0 Å². The normalized spacial score (nSPS) is 13.0. The standard InChI is InChI=1S/C5H11.BrH.Mg/c1-4-5(2)3;;/h5H,2,4H2,1,3H3;1H;/q;;+1/p-1/t5-;;/m0../s1. The van der Waals surface area contributed by atoms with Gasteiger partial charge >= 0.3 is 18.2 Å². The van der Waals surface area contributed by atoms with Crippen molar-refractivity contribution >= 4 is 31.1 Å². The molecule has 0 fully saturated rings. The quantitative estimate of drug-likeness (QED) is 0.578. The minimum absolute atomic E-state index is 0.168. The van der Waals surface area contributed by atoms with Crippen LogP contribution in [0, 0.1) is 5.92 Å². The third kappa shape index (κ3) is 5.11. The van der Waals surface area contributed by atoms with Gasteiger partial charge in [0.25, 0.3) is 0 Å². The lowest BCUT2D eigenvalue weighted by Gasteiger charge is -2.01. The molecule has 0 saturated carbocycles. The Bertz CT molecular complexity index is 39.1. The van der Waals surface area contributed by atoms with E-state index in [0.717, 1.165) is 5.92 Å². The molecule has 0 spiro atoms. The van der Waals surface area contributed by atoms with E-state index >= 15 is 0 Å². The van der Waals surface area contributed by atoms with Crippen LogP contribution in [0.5, 0.6) is 0 Å². The maximum Gasteiger partial charge on any atom is 0.468 e. The summed E-state index contributed by atoms with van der Waals surface area (Å²) < 4.78 is 1.45. The fraction of sp³-hybridized carbons (Fsp3) is 1.00. The Morgan fingerprint density at radius 2 is 2.29 bits per heavy atom. The Morgan fingerprint density at radius 3 is 2.43 bits per heavy atom. The van der Waals surface area contributed by atoms with Gasteiger partial charge in [-0.05, 0) is 0 Å². The lowest BCUT2D eigenvalue weighted by atomic mass is 10.2. The van der Waals surface area contributed by atoms with Crippen molar-refractivity contribution in [3.63, 3.8) is 0 Å². The predicted octanol–water partition coefficient (Wildman–Crippen LogP) is 2.46. The minimum atomic E-state index is 0.168. The maximum absolute atomic E-state index is 3.53. The summed E-state index contributed by atoms with van der Waals surface area (Å²) in [6.45, 7) is 4.57. The highest BCUT2D eigenvalue weighted by Gasteiger charge is 1.97. The summed E-state index contributed by atoms with van der Waals surface area (Å²) in [6, 6.07) is 0. The molecule has 7 heavy (non-hydrogen) atoms. The summed E-state index contributed by atoms with van der Waals surface area (Å²) in [5, 5.41) is 0. The van der Waals surface area contributed by atoms with Gasteiger partial charge in [0.1, 0.15) is 0 Å². The van der Waals surface area contributed by atoms with Gasteiger partial charge in [-0.3, -0.25) is 0 Å². The first-order valence-electron chi connectivity index (χ1n) is 2.87. The molecule has 0 aromatic carbocycles. The van der Waals surface area contributed by atoms with E-state index < -0.39 is 0 Å². The minimum Gasteiger partial charge on any atom is -0.307 e. The van der Waals surface area contributed by atoms with E-state index in [1.54, 1.807) is 0 Å². The van der Waals surface area contributed by atoms with Crippen LogP contribution >= 0.6 is 12.9 Å². The lowest BCUT2D eigenvalue weighted by Crippen LogP contribution is -1.91. The van der Waals surface area contributed by atoms with Crippen molar-refractivity contribution in [1.82, 2.24) is 0 Å². The zero-order chi connectivity index (χ0) is 5.70. The second-order valence-electron chi connectivity index (χ2n) is 1.99. The Kier molecular flexibility index (Phi) is 6.34. The fourth-order valence-corrected chi connectivity index (χ4v) is 3.52. The van der Waals surface area contributed by atoms with Gasteiger partial charge in [-0.25, -0.2) is 0 Å². The lowest BCUT2D eigenvalue weighted by molar-refractivity contribution is 0.625. The highest BCUT2D eigenvalue weighted by Crippen LogP contribution is 2.06. The van der Waals surface area contributed by atoms with Crippen molar-refractivity contribution in [2.24, 2.45) is 5.92 Å². The molecule has 0 aliphatic rings. The predicted molar refractivity (Wildman–Crippen MR) is 38.9 cm³/mol. The van der Waals surface area contributed by atoms with Crippen LogP contribution in [-0.2, 0) is 0 Å². The van der Waals surface area contributed by atoms with Gasteiger partial charge in [0.05, 0.1) is 0 Å². The molecule has 0 nitrogen and oxygen atoms in total. The van der Waals surface area contributed by atoms with Crippen LogP contribution in [-0.4, -0.2) is 18.2 Å². The molecule has 0 bridgehead atoms. The van der Waals surface area contributed by atoms with Crippen molar-refractivity contribution in [1.29, 1.82) is 0 Å². The van der Waals surface area contributed by atoms with Crippen molar-refractivity contribution in [3.05, 3.63) is 0 Å². The van der Waals surface area contributed by atoms with Gasteiger partial charge in [0.15, 0.2) is 0 Å². The molecule has 0 rings (SSSR count). The molecule has 0 aliphatic carbocycles. The third-order valence-corrected chi connectivity index (χ3v) is 3.88. The molecule has 0 saturated heterocycles. The molecular formula is C5H11BrMg. The summed E-state index contributed by atoms with van der Waals surface area (Å²) in [5.74, 6) is 0.964.